The minimum absolute atomic E-state index is 0. The summed E-state index contributed by atoms with van der Waals surface area (Å²) in [6.45, 7) is 3.84. The monoisotopic (exact) mass is 493 g/mol. The maximum absolute atomic E-state index is 13.1. The molecule has 2 aliphatic rings. The minimum atomic E-state index is -0.809. The fourth-order valence-electron chi connectivity index (χ4n) is 4.08. The summed E-state index contributed by atoms with van der Waals surface area (Å²) in [6, 6.07) is 8.14. The van der Waals surface area contributed by atoms with Crippen LogP contribution in [-0.4, -0.2) is 40.1 Å². The standard InChI is InChI=1S/C25H35N3O3S.ClH/c1-2-3-4-5-6-7-10-19-13-15-20(16-14-19)27-24(31)23-21(11-8-12-22(29)30)28-18-9-17-26-25(28)32-23;/h13-16H,2-12,17-18H2,1H3,(H,27,31)(H,29,30);1H. The number of carbonyl (C=O) groups excluding carboxylic acids is 1. The Labute approximate surface area is 207 Å². The van der Waals surface area contributed by atoms with Gasteiger partial charge in [-0.2, -0.15) is 0 Å². The number of unbranched alkanes of at least 4 members (excludes halogenated alkanes) is 5. The Hall–Kier alpha value is -1.99. The molecule has 2 N–H and O–H groups in total. The number of rotatable bonds is 13. The van der Waals surface area contributed by atoms with Gasteiger partial charge in [0, 0.05) is 30.9 Å². The van der Waals surface area contributed by atoms with Gasteiger partial charge < -0.3 is 15.3 Å². The van der Waals surface area contributed by atoms with E-state index in [1.54, 1.807) is 0 Å². The summed E-state index contributed by atoms with van der Waals surface area (Å²) in [6.07, 6.45) is 10.9. The van der Waals surface area contributed by atoms with Gasteiger partial charge in [0.15, 0.2) is 5.17 Å². The van der Waals surface area contributed by atoms with Crippen molar-refractivity contribution in [1.82, 2.24) is 4.90 Å². The van der Waals surface area contributed by atoms with Gasteiger partial charge in [-0.3, -0.25) is 14.6 Å². The van der Waals surface area contributed by atoms with Crippen LogP contribution in [-0.2, 0) is 16.0 Å². The molecule has 0 fully saturated rings. The molecule has 2 heterocycles. The maximum atomic E-state index is 13.1. The predicted octanol–water partition coefficient (Wildman–Crippen LogP) is 6.22. The molecule has 0 spiro atoms. The lowest BCUT2D eigenvalue weighted by molar-refractivity contribution is -0.137. The maximum Gasteiger partial charge on any atom is 0.303 e. The summed E-state index contributed by atoms with van der Waals surface area (Å²) in [7, 11) is 0. The summed E-state index contributed by atoms with van der Waals surface area (Å²) in [4.78, 5) is 31.3. The predicted molar refractivity (Wildman–Crippen MR) is 139 cm³/mol. The molecule has 0 aliphatic carbocycles. The van der Waals surface area contributed by atoms with Crippen LogP contribution in [0.2, 0.25) is 0 Å². The zero-order valence-electron chi connectivity index (χ0n) is 19.5. The van der Waals surface area contributed by atoms with Crippen LogP contribution in [0.5, 0.6) is 0 Å². The van der Waals surface area contributed by atoms with Crippen molar-refractivity contribution in [3.05, 3.63) is 40.4 Å². The second kappa shape index (κ2) is 14.3. The molecule has 182 valence electrons. The van der Waals surface area contributed by atoms with Gasteiger partial charge in [-0.15, -0.1) is 12.4 Å². The number of anilines is 1. The Balaban J connectivity index is 0.00000385. The topological polar surface area (TPSA) is 82.0 Å². The van der Waals surface area contributed by atoms with E-state index in [1.807, 2.05) is 12.1 Å². The summed E-state index contributed by atoms with van der Waals surface area (Å²) in [5, 5.41) is 12.9. The number of amidine groups is 1. The molecule has 1 aromatic rings. The van der Waals surface area contributed by atoms with Crippen LogP contribution in [0.4, 0.5) is 5.69 Å². The fraction of sp³-hybridized carbons (Fsp3) is 0.560. The number of aliphatic imine (C=N–C) groups is 1. The van der Waals surface area contributed by atoms with Gasteiger partial charge in [0.2, 0.25) is 0 Å². The van der Waals surface area contributed by atoms with Crippen LogP contribution in [0.15, 0.2) is 39.9 Å². The van der Waals surface area contributed by atoms with Gasteiger partial charge in [-0.25, -0.2) is 0 Å². The molecule has 0 aromatic heterocycles. The average Bonchev–Trinajstić information content (AvgIpc) is 3.16. The van der Waals surface area contributed by atoms with Crippen molar-refractivity contribution in [2.75, 3.05) is 18.4 Å². The third kappa shape index (κ3) is 8.38. The van der Waals surface area contributed by atoms with Gasteiger partial charge in [-0.05, 0) is 61.6 Å². The first-order valence-electron chi connectivity index (χ1n) is 11.9. The molecule has 0 bridgehead atoms. The molecule has 0 radical (unpaired) electrons. The number of amides is 1. The van der Waals surface area contributed by atoms with Crippen molar-refractivity contribution in [2.24, 2.45) is 4.99 Å². The zero-order valence-corrected chi connectivity index (χ0v) is 21.1. The van der Waals surface area contributed by atoms with Crippen LogP contribution < -0.4 is 5.32 Å². The summed E-state index contributed by atoms with van der Waals surface area (Å²) >= 11 is 1.41. The highest BCUT2D eigenvalue weighted by Crippen LogP contribution is 2.39. The van der Waals surface area contributed by atoms with E-state index in [0.717, 1.165) is 42.5 Å². The molecule has 0 unspecified atom stereocenters. The largest absolute Gasteiger partial charge is 0.481 e. The summed E-state index contributed by atoms with van der Waals surface area (Å²) < 4.78 is 0. The van der Waals surface area contributed by atoms with E-state index in [4.69, 9.17) is 5.11 Å². The molecule has 0 saturated carbocycles. The number of carboxylic acid groups (broad SMARTS) is 1. The van der Waals surface area contributed by atoms with Gasteiger partial charge in [0.25, 0.3) is 5.91 Å². The lowest BCUT2D eigenvalue weighted by atomic mass is 10.0. The second-order valence-corrected chi connectivity index (χ2v) is 9.44. The number of carboxylic acids is 1. The number of aryl methyl sites for hydroxylation is 1. The van der Waals surface area contributed by atoms with Crippen LogP contribution >= 0.6 is 24.2 Å². The third-order valence-electron chi connectivity index (χ3n) is 5.84. The molecule has 8 heteroatoms. The smallest absolute Gasteiger partial charge is 0.303 e. The average molecular weight is 494 g/mol. The normalized spacial score (nSPS) is 15.1. The first-order valence-corrected chi connectivity index (χ1v) is 12.7. The second-order valence-electron chi connectivity index (χ2n) is 8.46. The van der Waals surface area contributed by atoms with Crippen LogP contribution in [0, 0.1) is 0 Å². The molecule has 1 amide bonds. The molecule has 33 heavy (non-hydrogen) atoms. The fourth-order valence-corrected chi connectivity index (χ4v) is 5.20. The van der Waals surface area contributed by atoms with Gasteiger partial charge in [0.1, 0.15) is 0 Å². The first kappa shape index (κ1) is 27.3. The summed E-state index contributed by atoms with van der Waals surface area (Å²) in [5.74, 6) is -0.947. The Bertz CT molecular complexity index is 855. The molecular formula is C25H36ClN3O3S. The molecule has 2 aliphatic heterocycles. The third-order valence-corrected chi connectivity index (χ3v) is 7.00. The number of benzene rings is 1. The molecule has 6 nitrogen and oxygen atoms in total. The van der Waals surface area contributed by atoms with Crippen molar-refractivity contribution in [1.29, 1.82) is 0 Å². The van der Waals surface area contributed by atoms with E-state index in [2.05, 4.69) is 34.3 Å². The van der Waals surface area contributed by atoms with E-state index in [-0.39, 0.29) is 24.7 Å². The van der Waals surface area contributed by atoms with Crippen molar-refractivity contribution < 1.29 is 14.7 Å². The van der Waals surface area contributed by atoms with Crippen molar-refractivity contribution in [2.45, 2.75) is 77.6 Å². The van der Waals surface area contributed by atoms with E-state index >= 15 is 0 Å². The number of nitrogens with zero attached hydrogens (tertiary/aromatic N) is 2. The number of allylic oxidation sites excluding steroid dienone is 1. The van der Waals surface area contributed by atoms with E-state index in [0.29, 0.717) is 17.7 Å². The molecule has 0 atom stereocenters. The number of carbonyl (C=O) groups is 2. The first-order chi connectivity index (χ1) is 15.6. The molecule has 0 saturated heterocycles. The quantitative estimate of drug-likeness (QED) is 0.318. The summed E-state index contributed by atoms with van der Waals surface area (Å²) in [5.41, 5.74) is 2.99. The zero-order chi connectivity index (χ0) is 22.8. The van der Waals surface area contributed by atoms with E-state index < -0.39 is 5.97 Å². The van der Waals surface area contributed by atoms with Crippen LogP contribution in [0.1, 0.15) is 76.7 Å². The Morgan fingerprint density at radius 1 is 1.06 bits per heavy atom. The highest BCUT2D eigenvalue weighted by atomic mass is 35.5. The van der Waals surface area contributed by atoms with Crippen LogP contribution in [0.3, 0.4) is 0 Å². The highest BCUT2D eigenvalue weighted by Gasteiger charge is 2.34. The lowest BCUT2D eigenvalue weighted by Gasteiger charge is -2.25. The Morgan fingerprint density at radius 3 is 2.52 bits per heavy atom. The Kier molecular flexibility index (Phi) is 11.8. The highest BCUT2D eigenvalue weighted by molar-refractivity contribution is 8.18. The van der Waals surface area contributed by atoms with Crippen molar-refractivity contribution >= 4 is 46.9 Å². The number of halogens is 1. The van der Waals surface area contributed by atoms with E-state index in [9.17, 15) is 9.59 Å². The lowest BCUT2D eigenvalue weighted by Crippen LogP contribution is -2.29. The number of thioether (sulfide) groups is 1. The molecule has 1 aromatic carbocycles. The Morgan fingerprint density at radius 2 is 1.79 bits per heavy atom. The number of fused-ring (bicyclic) bond motifs is 1. The number of hydrogen-bond acceptors (Lipinski definition) is 5. The number of nitrogens with one attached hydrogen (secondary N) is 1. The number of aliphatic carboxylic acids is 1. The van der Waals surface area contributed by atoms with Crippen LogP contribution in [0.25, 0.3) is 0 Å². The van der Waals surface area contributed by atoms with Gasteiger partial charge in [0.05, 0.1) is 4.91 Å². The van der Waals surface area contributed by atoms with Crippen molar-refractivity contribution in [3.63, 3.8) is 0 Å². The minimum Gasteiger partial charge on any atom is -0.481 e. The van der Waals surface area contributed by atoms with Crippen molar-refractivity contribution in [3.8, 4) is 0 Å². The van der Waals surface area contributed by atoms with Gasteiger partial charge in [-0.1, -0.05) is 51.2 Å². The number of hydrogen-bond donors (Lipinski definition) is 2. The van der Waals surface area contributed by atoms with E-state index in [1.165, 1.54) is 55.9 Å². The molecular weight excluding hydrogens is 458 g/mol. The van der Waals surface area contributed by atoms with Gasteiger partial charge >= 0.3 is 5.97 Å². The molecule has 3 rings (SSSR count). The SMILES string of the molecule is CCCCCCCCc1ccc(NC(=O)C2=C(CCCC(=O)O)N3CCCN=C3S2)cc1.Cl.